The molecule has 0 aliphatic heterocycles. The van der Waals surface area contributed by atoms with Gasteiger partial charge in [-0.05, 0) is 35.9 Å². The minimum Gasteiger partial charge on any atom is -0.289 e. The van der Waals surface area contributed by atoms with Crippen LogP contribution in [0.2, 0.25) is 0 Å². The Morgan fingerprint density at radius 2 is 1.42 bits per heavy atom. The van der Waals surface area contributed by atoms with E-state index in [-0.39, 0.29) is 22.7 Å². The lowest BCUT2D eigenvalue weighted by molar-refractivity contribution is 0.0978. The van der Waals surface area contributed by atoms with E-state index in [1.54, 1.807) is 24.3 Å². The van der Waals surface area contributed by atoms with Gasteiger partial charge in [0, 0.05) is 22.3 Å². The van der Waals surface area contributed by atoms with Crippen molar-refractivity contribution >= 4 is 17.6 Å². The Bertz CT molecular complexity index is 744. The first-order valence-electron chi connectivity index (χ1n) is 5.77. The van der Waals surface area contributed by atoms with Crippen LogP contribution in [0.25, 0.3) is 6.08 Å². The van der Waals surface area contributed by atoms with Crippen LogP contribution >= 0.6 is 0 Å². The van der Waals surface area contributed by atoms with Gasteiger partial charge in [-0.1, -0.05) is 18.7 Å². The minimum absolute atomic E-state index is 0.129. The van der Waals surface area contributed by atoms with E-state index >= 15 is 0 Å². The maximum Gasteiger partial charge on any atom is 0.194 e. The number of hydrogen-bond acceptors (Lipinski definition) is 2. The highest BCUT2D eigenvalue weighted by atomic mass is 19.1. The first-order valence-corrected chi connectivity index (χ1v) is 5.77. The Balaban J connectivity index is 2.29. The Hall–Kier alpha value is -2.55. The second kappa shape index (κ2) is 3.99. The van der Waals surface area contributed by atoms with Crippen molar-refractivity contribution < 1.29 is 14.0 Å². The maximum atomic E-state index is 13.2. The van der Waals surface area contributed by atoms with Crippen molar-refractivity contribution in [2.75, 3.05) is 0 Å². The molecule has 0 unspecified atom stereocenters. The number of fused-ring (bicyclic) bond motifs is 2. The number of rotatable bonds is 1. The molecular weight excluding hydrogens is 243 g/mol. The molecule has 0 amide bonds. The fraction of sp³-hybridized carbons (Fsp3) is 0. The standard InChI is InChI=1S/C16H9FO2/c1-2-9-3-5-11-13(7-9)15(18)12-6-4-10(17)8-14(12)16(11)19/h2-8H,1H2. The fourth-order valence-corrected chi connectivity index (χ4v) is 2.27. The van der Waals surface area contributed by atoms with Crippen LogP contribution in [0.5, 0.6) is 0 Å². The molecule has 2 nitrogen and oxygen atoms in total. The monoisotopic (exact) mass is 252 g/mol. The molecule has 0 bridgehead atoms. The van der Waals surface area contributed by atoms with E-state index in [0.29, 0.717) is 11.1 Å². The van der Waals surface area contributed by atoms with Gasteiger partial charge < -0.3 is 0 Å². The van der Waals surface area contributed by atoms with Crippen LogP contribution in [-0.4, -0.2) is 11.6 Å². The molecule has 0 heterocycles. The van der Waals surface area contributed by atoms with Gasteiger partial charge in [0.2, 0.25) is 0 Å². The highest BCUT2D eigenvalue weighted by molar-refractivity contribution is 6.28. The molecule has 2 aromatic carbocycles. The van der Waals surface area contributed by atoms with E-state index in [2.05, 4.69) is 6.58 Å². The van der Waals surface area contributed by atoms with Crippen molar-refractivity contribution in [2.24, 2.45) is 0 Å². The van der Waals surface area contributed by atoms with Gasteiger partial charge in [-0.15, -0.1) is 0 Å². The van der Waals surface area contributed by atoms with Gasteiger partial charge in [0.1, 0.15) is 5.82 Å². The third-order valence-corrected chi connectivity index (χ3v) is 3.24. The Morgan fingerprint density at radius 3 is 2.05 bits per heavy atom. The zero-order valence-corrected chi connectivity index (χ0v) is 9.94. The van der Waals surface area contributed by atoms with Crippen LogP contribution in [0.3, 0.4) is 0 Å². The van der Waals surface area contributed by atoms with Gasteiger partial charge in [-0.2, -0.15) is 0 Å². The minimum atomic E-state index is -0.522. The van der Waals surface area contributed by atoms with Gasteiger partial charge in [0.15, 0.2) is 11.6 Å². The molecule has 0 spiro atoms. The molecule has 0 saturated carbocycles. The molecule has 1 aliphatic carbocycles. The van der Waals surface area contributed by atoms with Crippen LogP contribution in [-0.2, 0) is 0 Å². The molecule has 3 rings (SSSR count). The summed E-state index contributed by atoms with van der Waals surface area (Å²) in [6.07, 6.45) is 1.61. The van der Waals surface area contributed by atoms with Gasteiger partial charge in [0.05, 0.1) is 0 Å². The lowest BCUT2D eigenvalue weighted by Gasteiger charge is -2.17. The average Bonchev–Trinajstić information content (AvgIpc) is 2.44. The highest BCUT2D eigenvalue weighted by Crippen LogP contribution is 2.28. The number of halogens is 1. The predicted octanol–water partition coefficient (Wildman–Crippen LogP) is 3.24. The zero-order chi connectivity index (χ0) is 13.6. The molecule has 0 radical (unpaired) electrons. The van der Waals surface area contributed by atoms with Crippen molar-refractivity contribution in [1.29, 1.82) is 0 Å². The van der Waals surface area contributed by atoms with Crippen molar-refractivity contribution in [3.63, 3.8) is 0 Å². The maximum absolute atomic E-state index is 13.2. The third kappa shape index (κ3) is 1.63. The van der Waals surface area contributed by atoms with Crippen molar-refractivity contribution in [3.8, 4) is 0 Å². The molecule has 3 heteroatoms. The molecule has 2 aromatic rings. The predicted molar refractivity (Wildman–Crippen MR) is 69.8 cm³/mol. The molecule has 0 fully saturated rings. The summed E-state index contributed by atoms with van der Waals surface area (Å²) < 4.78 is 13.2. The van der Waals surface area contributed by atoms with Crippen LogP contribution in [0.1, 0.15) is 37.4 Å². The van der Waals surface area contributed by atoms with Gasteiger partial charge >= 0.3 is 0 Å². The van der Waals surface area contributed by atoms with Crippen molar-refractivity contribution in [1.82, 2.24) is 0 Å². The second-order valence-electron chi connectivity index (χ2n) is 4.36. The van der Waals surface area contributed by atoms with E-state index in [4.69, 9.17) is 0 Å². The number of carbonyl (C=O) groups excluding carboxylic acids is 2. The highest BCUT2D eigenvalue weighted by Gasteiger charge is 2.29. The topological polar surface area (TPSA) is 34.1 Å². The van der Waals surface area contributed by atoms with E-state index in [9.17, 15) is 14.0 Å². The first kappa shape index (κ1) is 11.5. The summed E-state index contributed by atoms with van der Waals surface area (Å²) in [7, 11) is 0. The summed E-state index contributed by atoms with van der Waals surface area (Å²) in [5.74, 6) is -1.10. The molecule has 0 atom stereocenters. The summed E-state index contributed by atoms with van der Waals surface area (Å²) >= 11 is 0. The normalized spacial score (nSPS) is 12.9. The Labute approximate surface area is 109 Å². The van der Waals surface area contributed by atoms with Gasteiger partial charge in [-0.25, -0.2) is 4.39 Å². The van der Waals surface area contributed by atoms with Crippen LogP contribution in [0.4, 0.5) is 4.39 Å². The van der Waals surface area contributed by atoms with E-state index in [0.717, 1.165) is 11.6 Å². The molecule has 1 aliphatic rings. The number of hydrogen-bond donors (Lipinski definition) is 0. The number of carbonyl (C=O) groups is 2. The first-order chi connectivity index (χ1) is 9.11. The van der Waals surface area contributed by atoms with E-state index in [1.807, 2.05) is 0 Å². The smallest absolute Gasteiger partial charge is 0.194 e. The van der Waals surface area contributed by atoms with Crippen LogP contribution in [0.15, 0.2) is 43.0 Å². The second-order valence-corrected chi connectivity index (χ2v) is 4.36. The molecule has 19 heavy (non-hydrogen) atoms. The third-order valence-electron chi connectivity index (χ3n) is 3.24. The van der Waals surface area contributed by atoms with E-state index in [1.165, 1.54) is 12.1 Å². The number of ketones is 2. The molecular formula is C16H9FO2. The summed E-state index contributed by atoms with van der Waals surface area (Å²) in [6.45, 7) is 3.63. The van der Waals surface area contributed by atoms with Crippen molar-refractivity contribution in [2.45, 2.75) is 0 Å². The molecule has 0 aromatic heterocycles. The summed E-state index contributed by atoms with van der Waals surface area (Å²) in [6, 6.07) is 8.58. The summed E-state index contributed by atoms with van der Waals surface area (Å²) in [5.41, 5.74) is 1.81. The lowest BCUT2D eigenvalue weighted by Crippen LogP contribution is -2.21. The molecule has 0 N–H and O–H groups in total. The van der Waals surface area contributed by atoms with Crippen LogP contribution in [0, 0.1) is 5.82 Å². The summed E-state index contributed by atoms with van der Waals surface area (Å²) in [5, 5.41) is 0. The largest absolute Gasteiger partial charge is 0.289 e. The average molecular weight is 252 g/mol. The summed E-state index contributed by atoms with van der Waals surface area (Å²) in [4.78, 5) is 24.6. The van der Waals surface area contributed by atoms with Crippen molar-refractivity contribution in [3.05, 3.63) is 76.6 Å². The Kier molecular flexibility index (Phi) is 2.42. The SMILES string of the molecule is C=Cc1ccc2c(c1)C(=O)c1ccc(F)cc1C2=O. The molecule has 0 saturated heterocycles. The van der Waals surface area contributed by atoms with Gasteiger partial charge in [-0.3, -0.25) is 9.59 Å². The number of benzene rings is 2. The Morgan fingerprint density at radius 1 is 0.842 bits per heavy atom. The van der Waals surface area contributed by atoms with E-state index < -0.39 is 5.82 Å². The molecule has 92 valence electrons. The zero-order valence-electron chi connectivity index (χ0n) is 9.94. The van der Waals surface area contributed by atoms with Gasteiger partial charge in [0.25, 0.3) is 0 Å². The fourth-order valence-electron chi connectivity index (χ4n) is 2.27. The van der Waals surface area contributed by atoms with Crippen LogP contribution < -0.4 is 0 Å². The quantitative estimate of drug-likeness (QED) is 0.666. The lowest BCUT2D eigenvalue weighted by atomic mass is 9.83.